The maximum Gasteiger partial charge on any atom is 0.246 e. The summed E-state index contributed by atoms with van der Waals surface area (Å²) in [7, 11) is -0.382. The van der Waals surface area contributed by atoms with Gasteiger partial charge in [-0.3, -0.25) is 4.90 Å². The van der Waals surface area contributed by atoms with Crippen molar-refractivity contribution >= 4 is 15.8 Å². The maximum absolute atomic E-state index is 12.4. The number of sulfonamides is 1. The summed E-state index contributed by atoms with van der Waals surface area (Å²) in [6.45, 7) is 7.80. The second-order valence-corrected chi connectivity index (χ2v) is 7.85. The molecule has 0 N–H and O–H groups in total. The van der Waals surface area contributed by atoms with E-state index in [0.29, 0.717) is 11.9 Å². The molecule has 1 saturated heterocycles. The molecule has 1 aliphatic heterocycles. The van der Waals surface area contributed by atoms with Gasteiger partial charge in [-0.05, 0) is 26.0 Å². The fraction of sp³-hybridized carbons (Fsp3) is 0.643. The van der Waals surface area contributed by atoms with Crippen LogP contribution in [0.15, 0.2) is 23.2 Å². The van der Waals surface area contributed by atoms with Crippen LogP contribution in [0.5, 0.6) is 0 Å². The molecule has 0 atom stereocenters. The zero-order valence-corrected chi connectivity index (χ0v) is 14.0. The Morgan fingerprint density at radius 3 is 2.33 bits per heavy atom. The zero-order valence-electron chi connectivity index (χ0n) is 13.2. The number of aromatic nitrogens is 1. The molecular weight excluding hydrogens is 288 g/mol. The summed E-state index contributed by atoms with van der Waals surface area (Å²) in [5.41, 5.74) is 0. The summed E-state index contributed by atoms with van der Waals surface area (Å²) in [5, 5.41) is 0. The first-order valence-electron chi connectivity index (χ1n) is 7.20. The molecule has 7 heteroatoms. The van der Waals surface area contributed by atoms with Crippen molar-refractivity contribution in [1.29, 1.82) is 0 Å². The van der Waals surface area contributed by atoms with Gasteiger partial charge in [0.2, 0.25) is 10.0 Å². The predicted octanol–water partition coefficient (Wildman–Crippen LogP) is 0.862. The minimum Gasteiger partial charge on any atom is -0.353 e. The van der Waals surface area contributed by atoms with Gasteiger partial charge < -0.3 is 4.90 Å². The summed E-state index contributed by atoms with van der Waals surface area (Å²) in [6, 6.07) is 3.82. The highest BCUT2D eigenvalue weighted by Gasteiger charge is 2.27. The lowest BCUT2D eigenvalue weighted by atomic mass is 10.2. The van der Waals surface area contributed by atoms with Gasteiger partial charge in [0.25, 0.3) is 0 Å². The van der Waals surface area contributed by atoms with Gasteiger partial charge in [-0.25, -0.2) is 17.7 Å². The second kappa shape index (κ2) is 6.29. The van der Waals surface area contributed by atoms with E-state index in [-0.39, 0.29) is 4.90 Å². The van der Waals surface area contributed by atoms with Gasteiger partial charge in [0, 0.05) is 52.5 Å². The third-order valence-electron chi connectivity index (χ3n) is 3.85. The standard InChI is InChI=1S/C14H24N4O2S/c1-12(2)17-8-10-18(11-9-17)14-13(6-5-7-15-14)21(19,20)16(3)4/h5-7,12H,8-11H2,1-4H3. The molecule has 0 aliphatic carbocycles. The SMILES string of the molecule is CC(C)N1CCN(c2ncccc2S(=O)(=O)N(C)C)CC1. The van der Waals surface area contributed by atoms with Crippen molar-refractivity contribution in [3.63, 3.8) is 0 Å². The number of pyridine rings is 1. The quantitative estimate of drug-likeness (QED) is 0.825. The van der Waals surface area contributed by atoms with Gasteiger partial charge in [-0.15, -0.1) is 0 Å². The topological polar surface area (TPSA) is 56.8 Å². The molecule has 1 aromatic rings. The molecule has 0 spiro atoms. The van der Waals surface area contributed by atoms with E-state index in [1.54, 1.807) is 32.4 Å². The van der Waals surface area contributed by atoms with E-state index in [4.69, 9.17) is 0 Å². The number of nitrogens with zero attached hydrogens (tertiary/aromatic N) is 4. The van der Waals surface area contributed by atoms with Gasteiger partial charge in [0.05, 0.1) is 0 Å². The lowest BCUT2D eigenvalue weighted by Gasteiger charge is -2.38. The van der Waals surface area contributed by atoms with Crippen LogP contribution in [0, 0.1) is 0 Å². The second-order valence-electron chi connectivity index (χ2n) is 5.73. The largest absolute Gasteiger partial charge is 0.353 e. The first-order valence-corrected chi connectivity index (χ1v) is 8.64. The number of anilines is 1. The molecule has 2 rings (SSSR count). The first kappa shape index (κ1) is 16.2. The minimum atomic E-state index is -3.47. The molecule has 1 fully saturated rings. The van der Waals surface area contributed by atoms with Crippen molar-refractivity contribution in [2.75, 3.05) is 45.2 Å². The summed E-state index contributed by atoms with van der Waals surface area (Å²) in [4.78, 5) is 9.06. The molecule has 0 amide bonds. The molecule has 0 unspecified atom stereocenters. The first-order chi connectivity index (χ1) is 9.84. The van der Waals surface area contributed by atoms with Crippen LogP contribution in [0.2, 0.25) is 0 Å². The van der Waals surface area contributed by atoms with Crippen LogP contribution in [0.3, 0.4) is 0 Å². The van der Waals surface area contributed by atoms with Gasteiger partial charge in [-0.2, -0.15) is 0 Å². The molecule has 1 aromatic heterocycles. The fourth-order valence-corrected chi connectivity index (χ4v) is 3.52. The van der Waals surface area contributed by atoms with Gasteiger partial charge in [-0.1, -0.05) is 0 Å². The lowest BCUT2D eigenvalue weighted by molar-refractivity contribution is 0.208. The molecule has 2 heterocycles. The zero-order chi connectivity index (χ0) is 15.6. The smallest absolute Gasteiger partial charge is 0.246 e. The Morgan fingerprint density at radius 2 is 1.81 bits per heavy atom. The molecule has 118 valence electrons. The Bertz CT molecular complexity index is 578. The average molecular weight is 312 g/mol. The Labute approximate surface area is 127 Å². The van der Waals surface area contributed by atoms with Crippen LogP contribution in [0.1, 0.15) is 13.8 Å². The van der Waals surface area contributed by atoms with E-state index in [2.05, 4.69) is 28.6 Å². The van der Waals surface area contributed by atoms with E-state index in [9.17, 15) is 8.42 Å². The van der Waals surface area contributed by atoms with Crippen LogP contribution < -0.4 is 4.90 Å². The van der Waals surface area contributed by atoms with E-state index >= 15 is 0 Å². The highest BCUT2D eigenvalue weighted by Crippen LogP contribution is 2.25. The molecule has 0 aromatic carbocycles. The number of hydrogen-bond acceptors (Lipinski definition) is 5. The van der Waals surface area contributed by atoms with Crippen molar-refractivity contribution in [3.8, 4) is 0 Å². The summed E-state index contributed by atoms with van der Waals surface area (Å²) in [5.74, 6) is 0.564. The molecule has 0 radical (unpaired) electrons. The Morgan fingerprint density at radius 1 is 1.19 bits per heavy atom. The molecule has 0 saturated carbocycles. The van der Waals surface area contributed by atoms with E-state index in [0.717, 1.165) is 26.2 Å². The fourth-order valence-electron chi connectivity index (χ4n) is 2.47. The summed E-state index contributed by atoms with van der Waals surface area (Å²) in [6.07, 6.45) is 1.65. The number of rotatable bonds is 4. The molecule has 21 heavy (non-hydrogen) atoms. The Balaban J connectivity index is 2.27. The van der Waals surface area contributed by atoms with Crippen LogP contribution >= 0.6 is 0 Å². The highest BCUT2D eigenvalue weighted by atomic mass is 32.2. The molecule has 1 aliphatic rings. The van der Waals surface area contributed by atoms with Crippen LogP contribution in [0.25, 0.3) is 0 Å². The number of hydrogen-bond donors (Lipinski definition) is 0. The average Bonchev–Trinajstić information content (AvgIpc) is 2.47. The van der Waals surface area contributed by atoms with E-state index in [1.807, 2.05) is 0 Å². The van der Waals surface area contributed by atoms with Gasteiger partial charge >= 0.3 is 0 Å². The van der Waals surface area contributed by atoms with Crippen molar-refractivity contribution < 1.29 is 8.42 Å². The Kier molecular flexibility index (Phi) is 4.85. The van der Waals surface area contributed by atoms with E-state index in [1.165, 1.54) is 4.31 Å². The van der Waals surface area contributed by atoms with Crippen molar-refractivity contribution in [1.82, 2.24) is 14.2 Å². The van der Waals surface area contributed by atoms with Crippen molar-refractivity contribution in [2.24, 2.45) is 0 Å². The highest BCUT2D eigenvalue weighted by molar-refractivity contribution is 7.89. The maximum atomic E-state index is 12.4. The van der Waals surface area contributed by atoms with Crippen LogP contribution in [-0.2, 0) is 10.0 Å². The lowest BCUT2D eigenvalue weighted by Crippen LogP contribution is -2.49. The monoisotopic (exact) mass is 312 g/mol. The van der Waals surface area contributed by atoms with Crippen molar-refractivity contribution in [3.05, 3.63) is 18.3 Å². The van der Waals surface area contributed by atoms with Crippen LogP contribution in [0.4, 0.5) is 5.82 Å². The summed E-state index contributed by atoms with van der Waals surface area (Å²) >= 11 is 0. The Hall–Kier alpha value is -1.18. The van der Waals surface area contributed by atoms with Crippen LogP contribution in [-0.4, -0.2) is 68.9 Å². The summed E-state index contributed by atoms with van der Waals surface area (Å²) < 4.78 is 26.1. The van der Waals surface area contributed by atoms with E-state index < -0.39 is 10.0 Å². The third-order valence-corrected chi connectivity index (χ3v) is 5.69. The molecule has 0 bridgehead atoms. The molecule has 6 nitrogen and oxygen atoms in total. The van der Waals surface area contributed by atoms with Crippen molar-refractivity contribution in [2.45, 2.75) is 24.8 Å². The normalized spacial score (nSPS) is 17.7. The van der Waals surface area contributed by atoms with Gasteiger partial charge in [0.15, 0.2) is 0 Å². The minimum absolute atomic E-state index is 0.285. The number of piperazine rings is 1. The third kappa shape index (κ3) is 3.36. The van der Waals surface area contributed by atoms with Gasteiger partial charge in [0.1, 0.15) is 10.7 Å². The molecular formula is C14H24N4O2S. The predicted molar refractivity (Wildman–Crippen MR) is 84.0 cm³/mol.